The number of esters is 1. The first kappa shape index (κ1) is 16.4. The second-order valence-electron chi connectivity index (χ2n) is 4.49. The number of hydrogen-bond acceptors (Lipinski definition) is 4. The Labute approximate surface area is 119 Å². The topological polar surface area (TPSA) is 47.6 Å². The predicted octanol–water partition coefficient (Wildman–Crippen LogP) is 2.83. The van der Waals surface area contributed by atoms with Gasteiger partial charge in [0.15, 0.2) is 0 Å². The summed E-state index contributed by atoms with van der Waals surface area (Å²) in [5.41, 5.74) is 0.909. The third-order valence-electron chi connectivity index (χ3n) is 2.96. The van der Waals surface area contributed by atoms with E-state index in [-0.39, 0.29) is 17.8 Å². The van der Waals surface area contributed by atoms with E-state index in [0.717, 1.165) is 12.1 Å². The quantitative estimate of drug-likeness (QED) is 0.588. The van der Waals surface area contributed by atoms with Crippen LogP contribution in [0.3, 0.4) is 0 Å². The van der Waals surface area contributed by atoms with Gasteiger partial charge in [-0.3, -0.25) is 4.79 Å². The fourth-order valence-corrected chi connectivity index (χ4v) is 1.91. The molecule has 0 aromatic heterocycles. The largest absolute Gasteiger partial charge is 0.493 e. The zero-order valence-corrected chi connectivity index (χ0v) is 12.2. The van der Waals surface area contributed by atoms with Gasteiger partial charge < -0.3 is 14.8 Å². The molecule has 0 radical (unpaired) electrons. The van der Waals surface area contributed by atoms with Gasteiger partial charge in [0.2, 0.25) is 0 Å². The zero-order valence-electron chi connectivity index (χ0n) is 12.2. The number of halogens is 1. The number of nitrogens with one attached hydrogen (secondary N) is 1. The highest BCUT2D eigenvalue weighted by Crippen LogP contribution is 2.26. The molecule has 4 nitrogen and oxygen atoms in total. The van der Waals surface area contributed by atoms with Crippen LogP contribution in [0.1, 0.15) is 38.3 Å². The van der Waals surface area contributed by atoms with E-state index in [1.54, 1.807) is 6.07 Å². The molecule has 0 bridgehead atoms. The molecule has 1 N–H and O–H groups in total. The molecule has 5 heteroatoms. The first-order valence-electron chi connectivity index (χ1n) is 6.81. The molecular weight excluding hydrogens is 261 g/mol. The van der Waals surface area contributed by atoms with Gasteiger partial charge in [0.25, 0.3) is 0 Å². The highest BCUT2D eigenvalue weighted by molar-refractivity contribution is 5.69. The molecule has 1 rings (SSSR count). The van der Waals surface area contributed by atoms with E-state index in [4.69, 9.17) is 4.74 Å². The maximum absolute atomic E-state index is 13.3. The SMILES string of the molecule is CCNC(C)c1ccc(F)cc1OCCCC(=O)OC. The lowest BCUT2D eigenvalue weighted by Crippen LogP contribution is -2.18. The highest BCUT2D eigenvalue weighted by atomic mass is 19.1. The molecule has 1 aromatic rings. The van der Waals surface area contributed by atoms with Gasteiger partial charge in [-0.1, -0.05) is 13.0 Å². The second kappa shape index (κ2) is 8.53. The monoisotopic (exact) mass is 283 g/mol. The average molecular weight is 283 g/mol. The first-order valence-corrected chi connectivity index (χ1v) is 6.81. The third kappa shape index (κ3) is 5.17. The lowest BCUT2D eigenvalue weighted by molar-refractivity contribution is -0.140. The highest BCUT2D eigenvalue weighted by Gasteiger charge is 2.12. The number of hydrogen-bond donors (Lipinski definition) is 1. The van der Waals surface area contributed by atoms with Crippen LogP contribution in [0.25, 0.3) is 0 Å². The van der Waals surface area contributed by atoms with Crippen LogP contribution < -0.4 is 10.1 Å². The minimum absolute atomic E-state index is 0.0798. The van der Waals surface area contributed by atoms with E-state index in [9.17, 15) is 9.18 Å². The van der Waals surface area contributed by atoms with Crippen molar-refractivity contribution < 1.29 is 18.7 Å². The number of benzene rings is 1. The van der Waals surface area contributed by atoms with E-state index in [1.165, 1.54) is 19.2 Å². The Morgan fingerprint density at radius 1 is 1.45 bits per heavy atom. The predicted molar refractivity (Wildman–Crippen MR) is 75.2 cm³/mol. The van der Waals surface area contributed by atoms with Crippen molar-refractivity contribution in [2.24, 2.45) is 0 Å². The summed E-state index contributed by atoms with van der Waals surface area (Å²) in [7, 11) is 1.35. The Bertz CT molecular complexity index is 437. The molecule has 0 spiro atoms. The minimum atomic E-state index is -0.333. The van der Waals surface area contributed by atoms with Gasteiger partial charge in [-0.2, -0.15) is 0 Å². The van der Waals surface area contributed by atoms with Crippen LogP contribution in [0.15, 0.2) is 18.2 Å². The summed E-state index contributed by atoms with van der Waals surface area (Å²) in [4.78, 5) is 11.0. The molecule has 0 heterocycles. The molecule has 0 fully saturated rings. The van der Waals surface area contributed by atoms with Gasteiger partial charge >= 0.3 is 5.97 Å². The van der Waals surface area contributed by atoms with Crippen molar-refractivity contribution in [2.45, 2.75) is 32.7 Å². The Kier molecular flexibility index (Phi) is 7.01. The molecule has 0 aliphatic heterocycles. The Hall–Kier alpha value is -1.62. The minimum Gasteiger partial charge on any atom is -0.493 e. The summed E-state index contributed by atoms with van der Waals surface area (Å²) < 4.78 is 23.5. The molecule has 1 unspecified atom stereocenters. The number of rotatable bonds is 8. The first-order chi connectivity index (χ1) is 9.58. The molecule has 0 aliphatic carbocycles. The van der Waals surface area contributed by atoms with Crippen LogP contribution in [0.4, 0.5) is 4.39 Å². The number of carbonyl (C=O) groups is 1. The normalized spacial score (nSPS) is 12.0. The van der Waals surface area contributed by atoms with Crippen LogP contribution >= 0.6 is 0 Å². The van der Waals surface area contributed by atoms with Crippen molar-refractivity contribution in [1.82, 2.24) is 5.32 Å². The molecular formula is C15H22FNO3. The van der Waals surface area contributed by atoms with E-state index in [0.29, 0.717) is 25.2 Å². The van der Waals surface area contributed by atoms with Crippen molar-refractivity contribution in [3.8, 4) is 5.75 Å². The lowest BCUT2D eigenvalue weighted by Gasteiger charge is -2.17. The molecule has 0 amide bonds. The number of methoxy groups -OCH3 is 1. The summed E-state index contributed by atoms with van der Waals surface area (Å²) in [6.45, 7) is 5.18. The van der Waals surface area contributed by atoms with Crippen LogP contribution in [0, 0.1) is 5.82 Å². The summed E-state index contributed by atoms with van der Waals surface area (Å²) in [6, 6.07) is 4.60. The standard InChI is InChI=1S/C15H22FNO3/c1-4-17-11(2)13-8-7-12(16)10-14(13)20-9-5-6-15(18)19-3/h7-8,10-11,17H,4-6,9H2,1-3H3. The van der Waals surface area contributed by atoms with Crippen LogP contribution in [-0.2, 0) is 9.53 Å². The van der Waals surface area contributed by atoms with Crippen molar-refractivity contribution >= 4 is 5.97 Å². The van der Waals surface area contributed by atoms with Crippen molar-refractivity contribution in [3.05, 3.63) is 29.6 Å². The van der Waals surface area contributed by atoms with Crippen LogP contribution in [-0.4, -0.2) is 26.2 Å². The summed E-state index contributed by atoms with van der Waals surface area (Å²) in [5.74, 6) is -0.0854. The maximum Gasteiger partial charge on any atom is 0.305 e. The summed E-state index contributed by atoms with van der Waals surface area (Å²) >= 11 is 0. The second-order valence-corrected chi connectivity index (χ2v) is 4.49. The van der Waals surface area contributed by atoms with Crippen molar-refractivity contribution in [1.29, 1.82) is 0 Å². The lowest BCUT2D eigenvalue weighted by atomic mass is 10.1. The fourth-order valence-electron chi connectivity index (χ4n) is 1.91. The van der Waals surface area contributed by atoms with Gasteiger partial charge in [0, 0.05) is 24.1 Å². The van der Waals surface area contributed by atoms with Crippen LogP contribution in [0.5, 0.6) is 5.75 Å². The van der Waals surface area contributed by atoms with Crippen LogP contribution in [0.2, 0.25) is 0 Å². The number of ether oxygens (including phenoxy) is 2. The van der Waals surface area contributed by atoms with E-state index < -0.39 is 0 Å². The summed E-state index contributed by atoms with van der Waals surface area (Å²) in [5, 5.41) is 3.26. The molecule has 1 atom stereocenters. The van der Waals surface area contributed by atoms with Gasteiger partial charge in [0.1, 0.15) is 11.6 Å². The average Bonchev–Trinajstić information content (AvgIpc) is 2.43. The third-order valence-corrected chi connectivity index (χ3v) is 2.96. The smallest absolute Gasteiger partial charge is 0.305 e. The van der Waals surface area contributed by atoms with Gasteiger partial charge in [-0.15, -0.1) is 0 Å². The fraction of sp³-hybridized carbons (Fsp3) is 0.533. The van der Waals surface area contributed by atoms with E-state index >= 15 is 0 Å². The van der Waals surface area contributed by atoms with E-state index in [2.05, 4.69) is 10.1 Å². The molecule has 0 saturated carbocycles. The van der Waals surface area contributed by atoms with Gasteiger partial charge in [0.05, 0.1) is 13.7 Å². The molecule has 1 aromatic carbocycles. The molecule has 0 aliphatic rings. The van der Waals surface area contributed by atoms with Gasteiger partial charge in [-0.25, -0.2) is 4.39 Å². The zero-order chi connectivity index (χ0) is 15.0. The van der Waals surface area contributed by atoms with E-state index in [1.807, 2.05) is 13.8 Å². The summed E-state index contributed by atoms with van der Waals surface area (Å²) in [6.07, 6.45) is 0.835. The van der Waals surface area contributed by atoms with Crippen molar-refractivity contribution in [2.75, 3.05) is 20.3 Å². The van der Waals surface area contributed by atoms with Crippen molar-refractivity contribution in [3.63, 3.8) is 0 Å². The Morgan fingerprint density at radius 3 is 2.85 bits per heavy atom. The Morgan fingerprint density at radius 2 is 2.20 bits per heavy atom. The molecule has 112 valence electrons. The van der Waals surface area contributed by atoms with Gasteiger partial charge in [-0.05, 0) is 26.0 Å². The molecule has 0 saturated heterocycles. The number of carbonyl (C=O) groups excluding carboxylic acids is 1. The Balaban J connectivity index is 2.62. The maximum atomic E-state index is 13.3. The molecule has 20 heavy (non-hydrogen) atoms.